The number of halogens is 1. The van der Waals surface area contributed by atoms with E-state index in [1.54, 1.807) is 6.07 Å². The summed E-state index contributed by atoms with van der Waals surface area (Å²) in [5.74, 6) is -0.444. The average molecular weight is 186 g/mol. The van der Waals surface area contributed by atoms with Crippen LogP contribution in [0.5, 0.6) is 0 Å². The molecule has 0 N–H and O–H groups in total. The highest BCUT2D eigenvalue weighted by Crippen LogP contribution is 2.05. The summed E-state index contributed by atoms with van der Waals surface area (Å²) in [5, 5.41) is 0. The van der Waals surface area contributed by atoms with Crippen molar-refractivity contribution in [1.29, 1.82) is 0 Å². The Morgan fingerprint density at radius 3 is 2.83 bits per heavy atom. The van der Waals surface area contributed by atoms with E-state index in [-0.39, 0.29) is 0 Å². The normalized spacial score (nSPS) is 10.7. The Hall–Kier alpha value is -0.610. The van der Waals surface area contributed by atoms with Crippen molar-refractivity contribution in [2.75, 3.05) is 6.54 Å². The van der Waals surface area contributed by atoms with Crippen molar-refractivity contribution >= 4 is 12.8 Å². The molecule has 0 aliphatic heterocycles. The summed E-state index contributed by atoms with van der Waals surface area (Å²) in [6.45, 7) is 3.54. The molecule has 0 unspecified atom stereocenters. The van der Waals surface area contributed by atoms with Crippen LogP contribution in [0, 0.1) is 5.95 Å². The van der Waals surface area contributed by atoms with Gasteiger partial charge in [-0.1, -0.05) is 25.8 Å². The van der Waals surface area contributed by atoms with Gasteiger partial charge in [-0.05, 0) is 11.6 Å². The fraction of sp³-hybridized carbons (Fsp3) is 0.375. The van der Waals surface area contributed by atoms with E-state index < -0.39 is 5.95 Å². The zero-order valence-electron chi connectivity index (χ0n) is 6.87. The summed E-state index contributed by atoms with van der Waals surface area (Å²) in [4.78, 5) is 3.54. The molecule has 0 aliphatic carbocycles. The third-order valence-corrected chi connectivity index (χ3v) is 1.94. The summed E-state index contributed by atoms with van der Waals surface area (Å²) >= 11 is 4.18. The van der Waals surface area contributed by atoms with Gasteiger partial charge in [-0.15, -0.1) is 0 Å². The predicted octanol–water partition coefficient (Wildman–Crippen LogP) is 1.89. The molecule has 0 fully saturated rings. The number of nitrogens with zero attached hydrogens (tertiary/aromatic N) is 2. The molecular formula is C8H11FN2S. The lowest BCUT2D eigenvalue weighted by Crippen LogP contribution is -2.10. The van der Waals surface area contributed by atoms with Crippen LogP contribution in [0.15, 0.2) is 18.3 Å². The van der Waals surface area contributed by atoms with Crippen LogP contribution in [0.4, 0.5) is 4.39 Å². The molecular weight excluding hydrogens is 175 g/mol. The van der Waals surface area contributed by atoms with E-state index in [0.29, 0.717) is 6.54 Å². The third kappa shape index (κ3) is 2.79. The Bertz CT molecular complexity index is 237. The molecule has 1 heterocycles. The minimum atomic E-state index is -0.444. The van der Waals surface area contributed by atoms with Crippen LogP contribution in [0.3, 0.4) is 0 Å². The van der Waals surface area contributed by atoms with Crippen LogP contribution in [0.2, 0.25) is 0 Å². The highest BCUT2D eigenvalue weighted by Gasteiger charge is 1.98. The van der Waals surface area contributed by atoms with E-state index in [9.17, 15) is 4.39 Å². The van der Waals surface area contributed by atoms with Crippen LogP contribution in [-0.2, 0) is 6.54 Å². The number of hydrogen-bond donors (Lipinski definition) is 1. The maximum absolute atomic E-state index is 12.4. The summed E-state index contributed by atoms with van der Waals surface area (Å²) < 4.78 is 14.2. The van der Waals surface area contributed by atoms with Gasteiger partial charge < -0.3 is 0 Å². The van der Waals surface area contributed by atoms with Crippen molar-refractivity contribution in [1.82, 2.24) is 9.29 Å². The Labute approximate surface area is 77.0 Å². The second-order valence-electron chi connectivity index (χ2n) is 2.47. The fourth-order valence-electron chi connectivity index (χ4n) is 0.823. The van der Waals surface area contributed by atoms with Crippen LogP contribution in [0.25, 0.3) is 0 Å². The van der Waals surface area contributed by atoms with Crippen molar-refractivity contribution in [3.05, 3.63) is 29.8 Å². The highest BCUT2D eigenvalue weighted by molar-refractivity contribution is 7.77. The van der Waals surface area contributed by atoms with Crippen LogP contribution in [-0.4, -0.2) is 15.8 Å². The molecule has 0 saturated heterocycles. The van der Waals surface area contributed by atoms with Crippen molar-refractivity contribution in [3.63, 3.8) is 0 Å². The number of pyridine rings is 1. The second kappa shape index (κ2) is 4.42. The van der Waals surface area contributed by atoms with E-state index in [1.807, 2.05) is 11.2 Å². The molecule has 1 aromatic heterocycles. The highest BCUT2D eigenvalue weighted by atomic mass is 32.1. The molecule has 0 saturated carbocycles. The van der Waals surface area contributed by atoms with Crippen LogP contribution >= 0.6 is 12.8 Å². The topological polar surface area (TPSA) is 16.1 Å². The van der Waals surface area contributed by atoms with E-state index in [0.717, 1.165) is 12.1 Å². The summed E-state index contributed by atoms with van der Waals surface area (Å²) in [5.41, 5.74) is 0.966. The van der Waals surface area contributed by atoms with Crippen LogP contribution < -0.4 is 0 Å². The molecule has 12 heavy (non-hydrogen) atoms. The molecule has 4 heteroatoms. The molecule has 0 aliphatic rings. The lowest BCUT2D eigenvalue weighted by atomic mass is 10.3. The molecule has 0 spiro atoms. The molecule has 0 radical (unpaired) electrons. The average Bonchev–Trinajstić information content (AvgIpc) is 2.09. The number of aromatic nitrogens is 1. The van der Waals surface area contributed by atoms with E-state index in [1.165, 1.54) is 12.3 Å². The van der Waals surface area contributed by atoms with E-state index in [4.69, 9.17) is 0 Å². The van der Waals surface area contributed by atoms with Gasteiger partial charge in [-0.3, -0.25) is 0 Å². The summed E-state index contributed by atoms with van der Waals surface area (Å²) in [6.07, 6.45) is 1.52. The SMILES string of the molecule is CCN(S)Cc1ccc(F)nc1. The minimum Gasteiger partial charge on any atom is -0.249 e. The van der Waals surface area contributed by atoms with Crippen LogP contribution in [0.1, 0.15) is 12.5 Å². The van der Waals surface area contributed by atoms with E-state index >= 15 is 0 Å². The van der Waals surface area contributed by atoms with E-state index in [2.05, 4.69) is 17.8 Å². The first-order valence-corrected chi connectivity index (χ1v) is 4.16. The maximum Gasteiger partial charge on any atom is 0.212 e. The molecule has 0 atom stereocenters. The minimum absolute atomic E-state index is 0.444. The number of hydrogen-bond acceptors (Lipinski definition) is 3. The molecule has 66 valence electrons. The van der Waals surface area contributed by atoms with Gasteiger partial charge in [0.2, 0.25) is 5.95 Å². The molecule has 1 aromatic rings. The van der Waals surface area contributed by atoms with Gasteiger partial charge >= 0.3 is 0 Å². The molecule has 0 bridgehead atoms. The van der Waals surface area contributed by atoms with Crippen molar-refractivity contribution < 1.29 is 4.39 Å². The number of rotatable bonds is 3. The maximum atomic E-state index is 12.4. The van der Waals surface area contributed by atoms with Gasteiger partial charge in [0.05, 0.1) is 0 Å². The summed E-state index contributed by atoms with van der Waals surface area (Å²) in [6, 6.07) is 3.06. The monoisotopic (exact) mass is 186 g/mol. The third-order valence-electron chi connectivity index (χ3n) is 1.52. The van der Waals surface area contributed by atoms with Gasteiger partial charge in [-0.2, -0.15) is 4.39 Å². The zero-order valence-corrected chi connectivity index (χ0v) is 7.76. The lowest BCUT2D eigenvalue weighted by Gasteiger charge is -2.11. The first-order chi connectivity index (χ1) is 5.72. The Morgan fingerprint density at radius 2 is 2.33 bits per heavy atom. The van der Waals surface area contributed by atoms with Gasteiger partial charge in [0, 0.05) is 19.3 Å². The van der Waals surface area contributed by atoms with Crippen molar-refractivity contribution in [3.8, 4) is 0 Å². The lowest BCUT2D eigenvalue weighted by molar-refractivity contribution is 0.496. The van der Waals surface area contributed by atoms with Gasteiger partial charge in [-0.25, -0.2) is 9.29 Å². The zero-order chi connectivity index (χ0) is 8.97. The Balaban J connectivity index is 2.58. The summed E-state index contributed by atoms with van der Waals surface area (Å²) in [7, 11) is 0. The Kier molecular flexibility index (Phi) is 3.49. The van der Waals surface area contributed by atoms with Crippen molar-refractivity contribution in [2.24, 2.45) is 0 Å². The van der Waals surface area contributed by atoms with Crippen molar-refractivity contribution in [2.45, 2.75) is 13.5 Å². The quantitative estimate of drug-likeness (QED) is 0.573. The predicted molar refractivity (Wildman–Crippen MR) is 49.3 cm³/mol. The fourth-order valence-corrected chi connectivity index (χ4v) is 0.986. The standard InChI is InChI=1S/C8H11FN2S/c1-2-11(12)6-7-3-4-8(9)10-5-7/h3-5,12H,2,6H2,1H3. The second-order valence-corrected chi connectivity index (χ2v) is 3.04. The first kappa shape index (κ1) is 9.48. The Morgan fingerprint density at radius 1 is 1.58 bits per heavy atom. The molecule has 2 nitrogen and oxygen atoms in total. The largest absolute Gasteiger partial charge is 0.249 e. The first-order valence-electron chi connectivity index (χ1n) is 3.76. The smallest absolute Gasteiger partial charge is 0.212 e. The molecule has 1 rings (SSSR count). The van der Waals surface area contributed by atoms with Gasteiger partial charge in [0.25, 0.3) is 0 Å². The van der Waals surface area contributed by atoms with Gasteiger partial charge in [0.1, 0.15) is 0 Å². The van der Waals surface area contributed by atoms with Gasteiger partial charge in [0.15, 0.2) is 0 Å². The number of thiol groups is 1. The molecule has 0 aromatic carbocycles. The molecule has 0 amide bonds.